The van der Waals surface area contributed by atoms with Gasteiger partial charge in [-0.25, -0.2) is 4.79 Å². The van der Waals surface area contributed by atoms with Gasteiger partial charge in [0.1, 0.15) is 12.4 Å². The van der Waals surface area contributed by atoms with Gasteiger partial charge in [-0.05, 0) is 29.8 Å². The van der Waals surface area contributed by atoms with Gasteiger partial charge in [0.15, 0.2) is 0 Å². The molecule has 104 valence electrons. The second kappa shape index (κ2) is 6.41. The van der Waals surface area contributed by atoms with E-state index in [1.54, 1.807) is 30.3 Å². The highest BCUT2D eigenvalue weighted by Crippen LogP contribution is 2.21. The van der Waals surface area contributed by atoms with Crippen LogP contribution in [-0.4, -0.2) is 16.2 Å². The third kappa shape index (κ3) is 3.50. The Labute approximate surface area is 121 Å². The van der Waals surface area contributed by atoms with Gasteiger partial charge in [0.25, 0.3) is 0 Å². The lowest BCUT2D eigenvalue weighted by molar-refractivity contribution is 0.0697. The van der Waals surface area contributed by atoms with E-state index in [1.807, 2.05) is 0 Å². The average molecular weight is 293 g/mol. The van der Waals surface area contributed by atoms with Gasteiger partial charge in [-0.15, -0.1) is 0 Å². The van der Waals surface area contributed by atoms with Crippen LogP contribution >= 0.6 is 11.6 Å². The number of hydrogen-bond acceptors (Lipinski definition) is 3. The van der Waals surface area contributed by atoms with Crippen LogP contribution in [0.4, 0.5) is 0 Å². The first-order valence-electron chi connectivity index (χ1n) is 5.94. The number of aliphatic hydroxyl groups excluding tert-OH is 1. The van der Waals surface area contributed by atoms with Crippen LogP contribution in [-0.2, 0) is 13.2 Å². The van der Waals surface area contributed by atoms with Crippen molar-refractivity contribution >= 4 is 17.6 Å². The first kappa shape index (κ1) is 14.4. The van der Waals surface area contributed by atoms with Crippen LogP contribution in [0.25, 0.3) is 0 Å². The molecule has 0 aliphatic carbocycles. The standard InChI is InChI=1S/C15H13ClO4/c16-14-7-11(15(18)19)3-4-12(14)9-20-13-5-1-10(8-17)2-6-13/h1-7,17H,8-9H2,(H,18,19). The number of aromatic carboxylic acids is 1. The molecule has 2 N–H and O–H groups in total. The summed E-state index contributed by atoms with van der Waals surface area (Å²) < 4.78 is 5.56. The Balaban J connectivity index is 2.04. The summed E-state index contributed by atoms with van der Waals surface area (Å²) in [4.78, 5) is 10.8. The van der Waals surface area contributed by atoms with Gasteiger partial charge in [0.05, 0.1) is 12.2 Å². The molecule has 5 heteroatoms. The highest BCUT2D eigenvalue weighted by atomic mass is 35.5. The molecule has 0 aliphatic rings. The second-order valence-electron chi connectivity index (χ2n) is 4.20. The Hall–Kier alpha value is -2.04. The minimum absolute atomic E-state index is 0.0112. The molecule has 0 aromatic heterocycles. The van der Waals surface area contributed by atoms with Gasteiger partial charge in [0, 0.05) is 10.6 Å². The molecule has 0 radical (unpaired) electrons. The summed E-state index contributed by atoms with van der Waals surface area (Å²) >= 11 is 6.01. The molecule has 0 fully saturated rings. The normalized spacial score (nSPS) is 10.3. The van der Waals surface area contributed by atoms with E-state index >= 15 is 0 Å². The summed E-state index contributed by atoms with van der Waals surface area (Å²) in [6, 6.07) is 11.6. The zero-order valence-corrected chi connectivity index (χ0v) is 11.3. The van der Waals surface area contributed by atoms with Crippen molar-refractivity contribution < 1.29 is 19.7 Å². The molecule has 0 bridgehead atoms. The van der Waals surface area contributed by atoms with E-state index in [2.05, 4.69) is 0 Å². The molecule has 2 aromatic rings. The number of benzene rings is 2. The van der Waals surface area contributed by atoms with E-state index in [9.17, 15) is 4.79 Å². The van der Waals surface area contributed by atoms with Gasteiger partial charge in [-0.1, -0.05) is 29.8 Å². The zero-order chi connectivity index (χ0) is 14.5. The first-order valence-corrected chi connectivity index (χ1v) is 6.32. The summed E-state index contributed by atoms with van der Waals surface area (Å²) in [6.07, 6.45) is 0. The fourth-order valence-corrected chi connectivity index (χ4v) is 1.88. The predicted octanol–water partition coefficient (Wildman–Crippen LogP) is 3.11. The monoisotopic (exact) mass is 292 g/mol. The van der Waals surface area contributed by atoms with Crippen molar-refractivity contribution in [1.82, 2.24) is 0 Å². The number of carboxylic acid groups (broad SMARTS) is 1. The van der Waals surface area contributed by atoms with E-state index in [0.717, 1.165) is 5.56 Å². The van der Waals surface area contributed by atoms with Gasteiger partial charge in [-0.2, -0.15) is 0 Å². The summed E-state index contributed by atoms with van der Waals surface area (Å²) in [5.74, 6) is -0.362. The topological polar surface area (TPSA) is 66.8 Å². The molecule has 0 atom stereocenters. The van der Waals surface area contributed by atoms with Crippen LogP contribution < -0.4 is 4.74 Å². The molecular weight excluding hydrogens is 280 g/mol. The maximum Gasteiger partial charge on any atom is 0.335 e. The Morgan fingerprint density at radius 3 is 2.40 bits per heavy atom. The van der Waals surface area contributed by atoms with Gasteiger partial charge < -0.3 is 14.9 Å². The fourth-order valence-electron chi connectivity index (χ4n) is 1.65. The van der Waals surface area contributed by atoms with E-state index in [-0.39, 0.29) is 18.8 Å². The second-order valence-corrected chi connectivity index (χ2v) is 4.61. The summed E-state index contributed by atoms with van der Waals surface area (Å²) in [7, 11) is 0. The lowest BCUT2D eigenvalue weighted by atomic mass is 10.1. The smallest absolute Gasteiger partial charge is 0.335 e. The quantitative estimate of drug-likeness (QED) is 0.888. The summed E-state index contributed by atoms with van der Waals surface area (Å²) in [6.45, 7) is 0.236. The van der Waals surface area contributed by atoms with E-state index in [1.165, 1.54) is 12.1 Å². The van der Waals surface area contributed by atoms with Gasteiger partial charge in [-0.3, -0.25) is 0 Å². The number of hydrogen-bond donors (Lipinski definition) is 2. The van der Waals surface area contributed by atoms with Crippen molar-refractivity contribution in [2.24, 2.45) is 0 Å². The van der Waals surface area contributed by atoms with Crippen molar-refractivity contribution in [3.63, 3.8) is 0 Å². The number of aliphatic hydroxyl groups is 1. The number of carbonyl (C=O) groups is 1. The van der Waals surface area contributed by atoms with Crippen molar-refractivity contribution in [2.75, 3.05) is 0 Å². The fraction of sp³-hybridized carbons (Fsp3) is 0.133. The summed E-state index contributed by atoms with van der Waals surface area (Å²) in [5, 5.41) is 18.1. The van der Waals surface area contributed by atoms with Crippen LogP contribution in [0.5, 0.6) is 5.75 Å². The molecule has 0 unspecified atom stereocenters. The number of rotatable bonds is 5. The SMILES string of the molecule is O=C(O)c1ccc(COc2ccc(CO)cc2)c(Cl)c1. The molecular formula is C15H13ClO4. The molecule has 2 rings (SSSR count). The van der Waals surface area contributed by atoms with Crippen LogP contribution in [0.15, 0.2) is 42.5 Å². The highest BCUT2D eigenvalue weighted by molar-refractivity contribution is 6.31. The molecule has 0 saturated heterocycles. The predicted molar refractivity (Wildman–Crippen MR) is 75.1 cm³/mol. The number of halogens is 1. The minimum atomic E-state index is -1.01. The average Bonchev–Trinajstić information content (AvgIpc) is 2.46. The van der Waals surface area contributed by atoms with E-state index < -0.39 is 5.97 Å². The van der Waals surface area contributed by atoms with Gasteiger partial charge in [0.2, 0.25) is 0 Å². The van der Waals surface area contributed by atoms with Gasteiger partial charge >= 0.3 is 5.97 Å². The Morgan fingerprint density at radius 1 is 1.15 bits per heavy atom. The van der Waals surface area contributed by atoms with E-state index in [0.29, 0.717) is 16.3 Å². The van der Waals surface area contributed by atoms with Crippen molar-refractivity contribution in [3.05, 3.63) is 64.2 Å². The maximum atomic E-state index is 10.8. The minimum Gasteiger partial charge on any atom is -0.489 e. The largest absolute Gasteiger partial charge is 0.489 e. The molecule has 20 heavy (non-hydrogen) atoms. The first-order chi connectivity index (χ1) is 9.60. The maximum absolute atomic E-state index is 10.8. The molecule has 2 aromatic carbocycles. The van der Waals surface area contributed by atoms with Crippen LogP contribution in [0.2, 0.25) is 5.02 Å². The van der Waals surface area contributed by atoms with Crippen LogP contribution in [0, 0.1) is 0 Å². The zero-order valence-electron chi connectivity index (χ0n) is 10.5. The lowest BCUT2D eigenvalue weighted by Gasteiger charge is -2.09. The third-order valence-corrected chi connectivity index (χ3v) is 3.15. The number of ether oxygens (including phenoxy) is 1. The van der Waals surface area contributed by atoms with Crippen molar-refractivity contribution in [2.45, 2.75) is 13.2 Å². The molecule has 0 heterocycles. The van der Waals surface area contributed by atoms with E-state index in [4.69, 9.17) is 26.6 Å². The summed E-state index contributed by atoms with van der Waals surface area (Å²) in [5.41, 5.74) is 1.66. The molecule has 0 aliphatic heterocycles. The van der Waals surface area contributed by atoms with Crippen molar-refractivity contribution in [3.8, 4) is 5.75 Å². The Kier molecular flexibility index (Phi) is 4.61. The molecule has 0 amide bonds. The van der Waals surface area contributed by atoms with Crippen LogP contribution in [0.3, 0.4) is 0 Å². The Morgan fingerprint density at radius 2 is 1.85 bits per heavy atom. The molecule has 0 saturated carbocycles. The lowest BCUT2D eigenvalue weighted by Crippen LogP contribution is -2.00. The third-order valence-electron chi connectivity index (χ3n) is 2.80. The van der Waals surface area contributed by atoms with Crippen molar-refractivity contribution in [1.29, 1.82) is 0 Å². The molecule has 4 nitrogen and oxygen atoms in total. The highest BCUT2D eigenvalue weighted by Gasteiger charge is 2.07. The molecule has 0 spiro atoms. The number of carboxylic acids is 1. The Bertz CT molecular complexity index is 608. The van der Waals surface area contributed by atoms with Crippen LogP contribution in [0.1, 0.15) is 21.5 Å².